The Bertz CT molecular complexity index is 1370. The Kier molecular flexibility index (Phi) is 9.14. The summed E-state index contributed by atoms with van der Waals surface area (Å²) in [6, 6.07) is 9.31. The number of nitrogens with zero attached hydrogens (tertiary/aromatic N) is 3. The van der Waals surface area contributed by atoms with Gasteiger partial charge >= 0.3 is 12.1 Å². The summed E-state index contributed by atoms with van der Waals surface area (Å²) in [5.41, 5.74) is -1.11. The number of amides is 1. The van der Waals surface area contributed by atoms with Gasteiger partial charge in [-0.25, -0.2) is 14.8 Å². The van der Waals surface area contributed by atoms with Gasteiger partial charge in [0, 0.05) is 36.0 Å². The summed E-state index contributed by atoms with van der Waals surface area (Å²) in [6.07, 6.45) is 1.16. The molecule has 41 heavy (non-hydrogen) atoms. The lowest BCUT2D eigenvalue weighted by atomic mass is 9.82. The molecule has 0 spiro atoms. The number of pyridine rings is 2. The van der Waals surface area contributed by atoms with Gasteiger partial charge in [-0.1, -0.05) is 13.0 Å². The van der Waals surface area contributed by atoms with Gasteiger partial charge in [-0.3, -0.25) is 4.79 Å². The number of ether oxygens (including phenoxy) is 2. The lowest BCUT2D eigenvalue weighted by Gasteiger charge is -2.34. The molecule has 1 fully saturated rings. The smallest absolute Gasteiger partial charge is 0.421 e. The molecule has 3 aromatic rings. The van der Waals surface area contributed by atoms with E-state index in [4.69, 9.17) is 9.47 Å². The molecule has 0 unspecified atom stereocenters. The molecule has 0 saturated heterocycles. The van der Waals surface area contributed by atoms with Gasteiger partial charge in [-0.2, -0.15) is 13.2 Å². The van der Waals surface area contributed by atoms with Crippen LogP contribution in [0.15, 0.2) is 54.9 Å². The summed E-state index contributed by atoms with van der Waals surface area (Å²) in [7, 11) is 0. The molecule has 2 heterocycles. The standard InChI is InChI=1S/C30H32F3N3O5/c1-18(2)36(28(37)21-9-7-19(3)8-10-21)25-12-11-22(15-23(25)29(38)39)41-27-24(30(31,32)33)14-20(16-35-27)17-40-26-6-4-5-13-34-26/h4-6,11-16,18-19,21H,7-10,17H2,1-3H3,(H,38,39). The van der Waals surface area contributed by atoms with Crippen molar-refractivity contribution in [2.45, 2.75) is 65.3 Å². The molecule has 8 nitrogen and oxygen atoms in total. The molecule has 2 aromatic heterocycles. The fourth-order valence-electron chi connectivity index (χ4n) is 4.88. The van der Waals surface area contributed by atoms with Crippen LogP contribution in [0.1, 0.15) is 67.9 Å². The number of hydrogen-bond acceptors (Lipinski definition) is 6. The van der Waals surface area contributed by atoms with E-state index in [-0.39, 0.29) is 52.9 Å². The summed E-state index contributed by atoms with van der Waals surface area (Å²) >= 11 is 0. The van der Waals surface area contributed by atoms with Gasteiger partial charge in [0.05, 0.1) is 11.3 Å². The molecule has 1 aliphatic rings. The van der Waals surface area contributed by atoms with E-state index in [0.29, 0.717) is 5.92 Å². The first-order valence-electron chi connectivity index (χ1n) is 13.4. The quantitative estimate of drug-likeness (QED) is 0.291. The monoisotopic (exact) mass is 571 g/mol. The number of carboxylic acids is 1. The zero-order valence-electron chi connectivity index (χ0n) is 23.0. The van der Waals surface area contributed by atoms with Gasteiger partial charge in [0.1, 0.15) is 17.9 Å². The Labute approximate surface area is 236 Å². The van der Waals surface area contributed by atoms with Crippen molar-refractivity contribution in [2.24, 2.45) is 11.8 Å². The van der Waals surface area contributed by atoms with E-state index < -0.39 is 23.6 Å². The van der Waals surface area contributed by atoms with Crippen molar-refractivity contribution in [3.05, 3.63) is 71.5 Å². The highest BCUT2D eigenvalue weighted by Crippen LogP contribution is 2.39. The molecule has 0 aliphatic heterocycles. The number of benzene rings is 1. The Morgan fingerprint density at radius 3 is 2.41 bits per heavy atom. The largest absolute Gasteiger partial charge is 0.478 e. The maximum absolute atomic E-state index is 13.9. The Morgan fingerprint density at radius 1 is 1.07 bits per heavy atom. The molecule has 11 heteroatoms. The highest BCUT2D eigenvalue weighted by Gasteiger charge is 2.37. The molecule has 1 aromatic carbocycles. The second-order valence-electron chi connectivity index (χ2n) is 10.5. The second-order valence-corrected chi connectivity index (χ2v) is 10.5. The van der Waals surface area contributed by atoms with Crippen LogP contribution in [0, 0.1) is 11.8 Å². The van der Waals surface area contributed by atoms with Gasteiger partial charge < -0.3 is 19.5 Å². The molecule has 1 N–H and O–H groups in total. The molecule has 0 atom stereocenters. The highest BCUT2D eigenvalue weighted by molar-refractivity contribution is 6.03. The van der Waals surface area contributed by atoms with Crippen LogP contribution >= 0.6 is 0 Å². The third kappa shape index (κ3) is 7.33. The Balaban J connectivity index is 1.61. The maximum atomic E-state index is 13.9. The van der Waals surface area contributed by atoms with Crippen molar-refractivity contribution in [1.29, 1.82) is 0 Å². The van der Waals surface area contributed by atoms with Crippen molar-refractivity contribution < 1.29 is 37.3 Å². The van der Waals surface area contributed by atoms with Crippen LogP contribution in [0.5, 0.6) is 17.5 Å². The van der Waals surface area contributed by atoms with Crippen molar-refractivity contribution in [1.82, 2.24) is 9.97 Å². The summed E-state index contributed by atoms with van der Waals surface area (Å²) in [6.45, 7) is 5.52. The molecule has 1 saturated carbocycles. The first-order chi connectivity index (χ1) is 19.4. The van der Waals surface area contributed by atoms with Crippen LogP contribution in [-0.2, 0) is 17.6 Å². The van der Waals surface area contributed by atoms with Crippen molar-refractivity contribution >= 4 is 17.6 Å². The number of aromatic carboxylic acids is 1. The number of halogens is 3. The number of rotatable bonds is 9. The van der Waals surface area contributed by atoms with E-state index in [1.54, 1.807) is 32.0 Å². The highest BCUT2D eigenvalue weighted by atomic mass is 19.4. The minimum Gasteiger partial charge on any atom is -0.478 e. The van der Waals surface area contributed by atoms with Crippen molar-refractivity contribution in [2.75, 3.05) is 4.90 Å². The maximum Gasteiger partial charge on any atom is 0.421 e. The van der Waals surface area contributed by atoms with Gasteiger partial charge in [-0.15, -0.1) is 0 Å². The number of hydrogen-bond donors (Lipinski definition) is 1. The average Bonchev–Trinajstić information content (AvgIpc) is 2.93. The molecular weight excluding hydrogens is 539 g/mol. The molecule has 1 aliphatic carbocycles. The van der Waals surface area contributed by atoms with Crippen molar-refractivity contribution in [3.8, 4) is 17.5 Å². The lowest BCUT2D eigenvalue weighted by molar-refractivity contribution is -0.139. The second kappa shape index (κ2) is 12.6. The topological polar surface area (TPSA) is 102 Å². The van der Waals surface area contributed by atoms with Crippen LogP contribution in [0.2, 0.25) is 0 Å². The molecular formula is C30H32F3N3O5. The molecule has 0 radical (unpaired) electrons. The number of carbonyl (C=O) groups excluding carboxylic acids is 1. The number of alkyl halides is 3. The fraction of sp³-hybridized carbons (Fsp3) is 0.400. The van der Waals surface area contributed by atoms with E-state index >= 15 is 0 Å². The zero-order valence-corrected chi connectivity index (χ0v) is 23.0. The molecule has 4 rings (SSSR count). The SMILES string of the molecule is CC1CCC(C(=O)N(c2ccc(Oc3ncc(COc4ccccn4)cc3C(F)(F)F)cc2C(=O)O)C(C)C)CC1. The van der Waals surface area contributed by atoms with Crippen LogP contribution < -0.4 is 14.4 Å². The summed E-state index contributed by atoms with van der Waals surface area (Å²) in [5.74, 6) is -1.84. The third-order valence-electron chi connectivity index (χ3n) is 7.03. The number of aromatic nitrogens is 2. The average molecular weight is 572 g/mol. The Hall–Kier alpha value is -4.15. The minimum absolute atomic E-state index is 0.139. The zero-order chi connectivity index (χ0) is 29.7. The normalized spacial score (nSPS) is 17.2. The molecule has 0 bridgehead atoms. The van der Waals surface area contributed by atoms with Crippen LogP contribution in [0.4, 0.5) is 18.9 Å². The first kappa shape index (κ1) is 29.8. The van der Waals surface area contributed by atoms with E-state index in [2.05, 4.69) is 16.9 Å². The van der Waals surface area contributed by atoms with Gasteiger partial charge in [-0.05, 0) is 75.8 Å². The summed E-state index contributed by atoms with van der Waals surface area (Å²) in [5, 5.41) is 9.98. The van der Waals surface area contributed by atoms with Gasteiger partial charge in [0.15, 0.2) is 0 Å². The number of carboxylic acid groups (broad SMARTS) is 1. The van der Waals surface area contributed by atoms with E-state index in [9.17, 15) is 27.9 Å². The molecule has 218 valence electrons. The van der Waals surface area contributed by atoms with Crippen LogP contribution in [-0.4, -0.2) is 33.0 Å². The summed E-state index contributed by atoms with van der Waals surface area (Å²) < 4.78 is 52.7. The van der Waals surface area contributed by atoms with E-state index in [0.717, 1.165) is 37.8 Å². The van der Waals surface area contributed by atoms with Crippen LogP contribution in [0.3, 0.4) is 0 Å². The lowest BCUT2D eigenvalue weighted by Crippen LogP contribution is -2.42. The van der Waals surface area contributed by atoms with Crippen LogP contribution in [0.25, 0.3) is 0 Å². The first-order valence-corrected chi connectivity index (χ1v) is 13.4. The Morgan fingerprint density at radius 2 is 1.80 bits per heavy atom. The van der Waals surface area contributed by atoms with E-state index in [1.165, 1.54) is 29.4 Å². The molecule has 1 amide bonds. The number of anilines is 1. The summed E-state index contributed by atoms with van der Waals surface area (Å²) in [4.78, 5) is 35.0. The fourth-order valence-corrected chi connectivity index (χ4v) is 4.88. The van der Waals surface area contributed by atoms with Crippen molar-refractivity contribution in [3.63, 3.8) is 0 Å². The number of carbonyl (C=O) groups is 2. The van der Waals surface area contributed by atoms with Gasteiger partial charge in [0.2, 0.25) is 17.7 Å². The predicted octanol–water partition coefficient (Wildman–Crippen LogP) is 7.13. The van der Waals surface area contributed by atoms with Gasteiger partial charge in [0.25, 0.3) is 0 Å². The predicted molar refractivity (Wildman–Crippen MR) is 145 cm³/mol. The third-order valence-corrected chi connectivity index (χ3v) is 7.03. The minimum atomic E-state index is -4.81. The van der Waals surface area contributed by atoms with E-state index in [1.807, 2.05) is 0 Å².